The summed E-state index contributed by atoms with van der Waals surface area (Å²) in [7, 11) is 0. The average molecular weight is 374 g/mol. The fourth-order valence-corrected chi connectivity index (χ4v) is 1.71. The highest BCUT2D eigenvalue weighted by Crippen LogP contribution is 2.58. The van der Waals surface area contributed by atoms with Gasteiger partial charge in [-0.1, -0.05) is 0 Å². The topological polar surface area (TPSA) is 18.5 Å². The van der Waals surface area contributed by atoms with Crippen molar-refractivity contribution in [2.45, 2.75) is 42.3 Å². The fourth-order valence-electron chi connectivity index (χ4n) is 1.71. The lowest BCUT2D eigenvalue weighted by molar-refractivity contribution is -0.293. The van der Waals surface area contributed by atoms with E-state index in [-0.39, 0.29) is 0 Å². The predicted molar refractivity (Wildman–Crippen MR) is 46.4 cm³/mol. The molecule has 0 heterocycles. The smallest absolute Gasteiger partial charge is 0.359 e. The van der Waals surface area contributed by atoms with Gasteiger partial charge in [0.2, 0.25) is 0 Å². The molecule has 138 valence electrons. The summed E-state index contributed by atoms with van der Waals surface area (Å²) in [5.41, 5.74) is 0. The van der Waals surface area contributed by atoms with Gasteiger partial charge in [-0.25, -0.2) is 0 Å². The lowest BCUT2D eigenvalue weighted by Crippen LogP contribution is -2.50. The fraction of sp³-hybridized carbons (Fsp3) is 1.00. The Morgan fingerprint density at radius 2 is 0.870 bits per heavy atom. The van der Waals surface area contributed by atoms with Crippen LogP contribution in [0.2, 0.25) is 0 Å². The molecule has 0 radical (unpaired) electrons. The van der Waals surface area contributed by atoms with Crippen molar-refractivity contribution < 1.29 is 62.2 Å². The van der Waals surface area contributed by atoms with Gasteiger partial charge in [0.25, 0.3) is 0 Å². The van der Waals surface area contributed by atoms with Gasteiger partial charge in [0.1, 0.15) is 13.2 Å². The van der Waals surface area contributed by atoms with E-state index < -0.39 is 55.5 Å². The zero-order valence-corrected chi connectivity index (χ0v) is 10.4. The number of rotatable bonds is 4. The van der Waals surface area contributed by atoms with Crippen molar-refractivity contribution in [2.75, 3.05) is 13.2 Å². The first-order valence-electron chi connectivity index (χ1n) is 5.43. The van der Waals surface area contributed by atoms with E-state index in [1.807, 2.05) is 0 Å². The van der Waals surface area contributed by atoms with Crippen molar-refractivity contribution in [3.63, 3.8) is 0 Å². The Bertz CT molecular complexity index is 387. The Morgan fingerprint density at radius 1 is 0.609 bits per heavy atom. The molecule has 0 aliphatic heterocycles. The molecule has 0 bridgehead atoms. The lowest BCUT2D eigenvalue weighted by Gasteiger charge is -2.25. The monoisotopic (exact) mass is 374 g/mol. The van der Waals surface area contributed by atoms with E-state index in [0.29, 0.717) is 0 Å². The Labute approximate surface area is 119 Å². The molecule has 23 heavy (non-hydrogen) atoms. The predicted octanol–water partition coefficient (Wildman–Crippen LogP) is 3.80. The molecule has 0 unspecified atom stereocenters. The standard InChI is InChI=1S/C9H6F12O2/c10-5(11,12)1-22-3-4(23-2-6(13,14)15)8(18,19)9(20,21)7(3,16)17/h3-4H,1-2H2/t3-,4+. The van der Waals surface area contributed by atoms with Crippen LogP contribution in [0.1, 0.15) is 0 Å². The van der Waals surface area contributed by atoms with Crippen LogP contribution in [-0.4, -0.2) is 55.5 Å². The molecule has 14 heteroatoms. The Hall–Kier alpha value is -0.920. The third kappa shape index (κ3) is 3.78. The first-order chi connectivity index (χ1) is 9.93. The van der Waals surface area contributed by atoms with Crippen molar-refractivity contribution in [3.05, 3.63) is 0 Å². The zero-order valence-electron chi connectivity index (χ0n) is 10.4. The van der Waals surface area contributed by atoms with Crippen LogP contribution in [0, 0.1) is 0 Å². The maximum Gasteiger partial charge on any atom is 0.411 e. The van der Waals surface area contributed by atoms with Crippen LogP contribution in [0.5, 0.6) is 0 Å². The largest absolute Gasteiger partial charge is 0.411 e. The molecule has 1 fully saturated rings. The quantitative estimate of drug-likeness (QED) is 0.697. The molecule has 0 N–H and O–H groups in total. The van der Waals surface area contributed by atoms with E-state index in [1.54, 1.807) is 0 Å². The molecule has 0 saturated heterocycles. The summed E-state index contributed by atoms with van der Waals surface area (Å²) in [6.07, 6.45) is -18.6. The Balaban J connectivity index is 3.13. The zero-order chi connectivity index (χ0) is 18.5. The van der Waals surface area contributed by atoms with E-state index >= 15 is 0 Å². The van der Waals surface area contributed by atoms with Crippen LogP contribution < -0.4 is 0 Å². The van der Waals surface area contributed by atoms with E-state index in [4.69, 9.17) is 0 Å². The summed E-state index contributed by atoms with van der Waals surface area (Å²) in [6, 6.07) is 0. The summed E-state index contributed by atoms with van der Waals surface area (Å²) in [5, 5.41) is 0. The SMILES string of the molecule is FC(F)(F)CO[C@@H]1[C@H](OCC(F)(F)F)C(F)(F)C(F)(F)C1(F)F. The Kier molecular flexibility index (Phi) is 4.87. The van der Waals surface area contributed by atoms with Gasteiger partial charge in [0.15, 0.2) is 12.2 Å². The molecule has 1 aliphatic carbocycles. The first kappa shape index (κ1) is 20.1. The van der Waals surface area contributed by atoms with Crippen LogP contribution in [0.4, 0.5) is 52.7 Å². The van der Waals surface area contributed by atoms with E-state index in [9.17, 15) is 52.7 Å². The van der Waals surface area contributed by atoms with Crippen LogP contribution >= 0.6 is 0 Å². The molecule has 1 rings (SSSR count). The second-order valence-corrected chi connectivity index (χ2v) is 4.51. The van der Waals surface area contributed by atoms with Gasteiger partial charge in [0, 0.05) is 0 Å². The summed E-state index contributed by atoms with van der Waals surface area (Å²) in [5.74, 6) is -18.1. The molecule has 0 aromatic heterocycles. The first-order valence-corrected chi connectivity index (χ1v) is 5.43. The van der Waals surface area contributed by atoms with Gasteiger partial charge in [-0.05, 0) is 0 Å². The third-order valence-electron chi connectivity index (χ3n) is 2.68. The Morgan fingerprint density at radius 3 is 1.09 bits per heavy atom. The van der Waals surface area contributed by atoms with Gasteiger partial charge < -0.3 is 9.47 Å². The number of hydrogen-bond acceptors (Lipinski definition) is 2. The lowest BCUT2D eigenvalue weighted by atomic mass is 10.2. The minimum atomic E-state index is -6.27. The summed E-state index contributed by atoms with van der Waals surface area (Å²) in [6.45, 7) is -5.32. The average Bonchev–Trinajstić information content (AvgIpc) is 2.37. The van der Waals surface area contributed by atoms with Crippen LogP contribution in [-0.2, 0) is 9.47 Å². The van der Waals surface area contributed by atoms with Gasteiger partial charge in [-0.15, -0.1) is 0 Å². The minimum absolute atomic E-state index is 2.66. The summed E-state index contributed by atoms with van der Waals surface area (Å²) in [4.78, 5) is 0. The van der Waals surface area contributed by atoms with Crippen molar-refractivity contribution in [3.8, 4) is 0 Å². The van der Waals surface area contributed by atoms with Crippen molar-refractivity contribution >= 4 is 0 Å². The van der Waals surface area contributed by atoms with Crippen LogP contribution in [0.25, 0.3) is 0 Å². The highest BCUT2D eigenvalue weighted by molar-refractivity contribution is 5.16. The second-order valence-electron chi connectivity index (χ2n) is 4.51. The van der Waals surface area contributed by atoms with E-state index in [1.165, 1.54) is 0 Å². The molecule has 1 saturated carbocycles. The number of hydrogen-bond donors (Lipinski definition) is 0. The van der Waals surface area contributed by atoms with E-state index in [0.717, 1.165) is 0 Å². The number of halogens is 12. The number of alkyl halides is 12. The van der Waals surface area contributed by atoms with Gasteiger partial charge >= 0.3 is 30.1 Å². The normalized spacial score (nSPS) is 29.7. The van der Waals surface area contributed by atoms with E-state index in [2.05, 4.69) is 9.47 Å². The van der Waals surface area contributed by atoms with Gasteiger partial charge in [-0.2, -0.15) is 52.7 Å². The molecular formula is C9H6F12O2. The highest BCUT2D eigenvalue weighted by atomic mass is 19.4. The third-order valence-corrected chi connectivity index (χ3v) is 2.68. The maximum absolute atomic E-state index is 13.2. The van der Waals surface area contributed by atoms with Crippen LogP contribution in [0.3, 0.4) is 0 Å². The summed E-state index contributed by atoms with van der Waals surface area (Å²) >= 11 is 0. The van der Waals surface area contributed by atoms with Crippen molar-refractivity contribution in [2.24, 2.45) is 0 Å². The molecular weight excluding hydrogens is 368 g/mol. The molecule has 0 spiro atoms. The minimum Gasteiger partial charge on any atom is -0.359 e. The summed E-state index contributed by atoms with van der Waals surface area (Å²) < 4.78 is 157. The molecule has 0 aromatic rings. The van der Waals surface area contributed by atoms with Crippen molar-refractivity contribution in [1.29, 1.82) is 0 Å². The maximum atomic E-state index is 13.2. The van der Waals surface area contributed by atoms with Crippen molar-refractivity contribution in [1.82, 2.24) is 0 Å². The second kappa shape index (κ2) is 5.57. The molecule has 2 nitrogen and oxygen atoms in total. The van der Waals surface area contributed by atoms with Gasteiger partial charge in [-0.3, -0.25) is 0 Å². The molecule has 0 aromatic carbocycles. The highest BCUT2D eigenvalue weighted by Gasteiger charge is 2.86. The van der Waals surface area contributed by atoms with Crippen LogP contribution in [0.15, 0.2) is 0 Å². The molecule has 2 atom stereocenters. The molecule has 0 amide bonds. The molecule has 1 aliphatic rings. The van der Waals surface area contributed by atoms with Gasteiger partial charge in [0.05, 0.1) is 0 Å². The number of ether oxygens (including phenoxy) is 2.